The Balaban J connectivity index is 1.44. The molecule has 3 heterocycles. The zero-order valence-corrected chi connectivity index (χ0v) is 26.0. The van der Waals surface area contributed by atoms with E-state index in [9.17, 15) is 4.79 Å². The van der Waals surface area contributed by atoms with Crippen molar-refractivity contribution in [2.45, 2.75) is 33.9 Å². The fourth-order valence-electron chi connectivity index (χ4n) is 5.52. The van der Waals surface area contributed by atoms with Crippen LogP contribution in [-0.2, 0) is 17.8 Å². The van der Waals surface area contributed by atoms with Crippen LogP contribution in [0.25, 0.3) is 44.8 Å². The number of rotatable bonds is 7. The first-order valence-electron chi connectivity index (χ1n) is 14.3. The van der Waals surface area contributed by atoms with Crippen LogP contribution in [0, 0.1) is 0 Å². The van der Waals surface area contributed by atoms with Gasteiger partial charge in [-0.15, -0.1) is 11.3 Å². The van der Waals surface area contributed by atoms with Gasteiger partial charge in [0.25, 0.3) is 10.6 Å². The Morgan fingerprint density at radius 1 is 0.952 bits per heavy atom. The number of benzene rings is 3. The molecule has 212 valence electrons. The summed E-state index contributed by atoms with van der Waals surface area (Å²) in [4.78, 5) is 15.6. The number of hydrogen-bond acceptors (Lipinski definition) is 5. The molecular formula is C35H34N3O2S2+. The highest BCUT2D eigenvalue weighted by Crippen LogP contribution is 2.33. The number of methoxy groups -OCH3 is 1. The van der Waals surface area contributed by atoms with Gasteiger partial charge in [-0.25, -0.2) is 0 Å². The van der Waals surface area contributed by atoms with Gasteiger partial charge in [0, 0.05) is 48.1 Å². The fraction of sp³-hybridized carbons (Fsp3) is 0.200. The molecule has 6 rings (SSSR count). The number of hydrogen-bond donors (Lipinski definition) is 0. The SMILES string of the molecule is CCN1C=C/C(=C\C=c2sc(=CC(=Cc3sc4c5ccccc5ccc4[n+]3CC)OC)n(CC)c2=O)c2ccccc21. The van der Waals surface area contributed by atoms with Crippen LogP contribution in [0.3, 0.4) is 0 Å². The molecule has 7 heteroatoms. The molecule has 5 nitrogen and oxygen atoms in total. The van der Waals surface area contributed by atoms with E-state index in [2.05, 4.69) is 108 Å². The maximum atomic E-state index is 13.4. The molecular weight excluding hydrogens is 559 g/mol. The Hall–Kier alpha value is -4.20. The molecule has 2 aromatic heterocycles. The predicted octanol–water partition coefficient (Wildman–Crippen LogP) is 6.29. The molecule has 0 saturated heterocycles. The first-order chi connectivity index (χ1) is 20.6. The van der Waals surface area contributed by atoms with E-state index in [4.69, 9.17) is 4.74 Å². The number of thiazole rings is 2. The Bertz CT molecular complexity index is 2070. The van der Waals surface area contributed by atoms with E-state index >= 15 is 0 Å². The van der Waals surface area contributed by atoms with Gasteiger partial charge in [-0.3, -0.25) is 9.36 Å². The van der Waals surface area contributed by atoms with Gasteiger partial charge in [-0.2, -0.15) is 4.57 Å². The van der Waals surface area contributed by atoms with Crippen LogP contribution >= 0.6 is 22.7 Å². The van der Waals surface area contributed by atoms with Crippen molar-refractivity contribution in [2.24, 2.45) is 0 Å². The van der Waals surface area contributed by atoms with Crippen LogP contribution in [0.5, 0.6) is 0 Å². The first kappa shape index (κ1) is 27.9. The van der Waals surface area contributed by atoms with Gasteiger partial charge in [0.1, 0.15) is 21.7 Å². The van der Waals surface area contributed by atoms with Crippen LogP contribution in [0.1, 0.15) is 31.3 Å². The van der Waals surface area contributed by atoms with Crippen molar-refractivity contribution in [3.8, 4) is 0 Å². The Morgan fingerprint density at radius 3 is 2.55 bits per heavy atom. The third-order valence-corrected chi connectivity index (χ3v) is 9.93. The Kier molecular flexibility index (Phi) is 7.96. The lowest BCUT2D eigenvalue weighted by Crippen LogP contribution is -2.33. The minimum atomic E-state index is 0.0151. The lowest BCUT2D eigenvalue weighted by atomic mass is 9.99. The standard InChI is InChI=1S/C35H34N3O2S2/c1-5-36-21-20-25(27-13-10-11-15-29(27)36)17-19-31-35(39)38(7-3)33(41-31)23-26(40-4)22-32-37(6-2)30-18-16-24-12-8-9-14-28(24)34(30)42-32/h8-23H,5-7H2,1-4H3/q+1/b25-17+,31-19?. The summed E-state index contributed by atoms with van der Waals surface area (Å²) in [7, 11) is 1.69. The molecule has 0 atom stereocenters. The van der Waals surface area contributed by atoms with E-state index in [1.165, 1.54) is 43.6 Å². The predicted molar refractivity (Wildman–Crippen MR) is 179 cm³/mol. The summed E-state index contributed by atoms with van der Waals surface area (Å²) in [6.07, 6.45) is 12.3. The van der Waals surface area contributed by atoms with Gasteiger partial charge in [-0.05, 0) is 56.0 Å². The maximum Gasteiger partial charge on any atom is 0.269 e. The fourth-order valence-corrected chi connectivity index (χ4v) is 7.87. The van der Waals surface area contributed by atoms with Crippen molar-refractivity contribution in [3.63, 3.8) is 0 Å². The van der Waals surface area contributed by atoms with Crippen LogP contribution in [0.15, 0.2) is 89.6 Å². The van der Waals surface area contributed by atoms with E-state index in [0.29, 0.717) is 16.8 Å². The highest BCUT2D eigenvalue weighted by atomic mass is 32.1. The Morgan fingerprint density at radius 2 is 1.76 bits per heavy atom. The molecule has 0 fully saturated rings. The first-order valence-corrected chi connectivity index (χ1v) is 16.0. The minimum absolute atomic E-state index is 0.0151. The van der Waals surface area contributed by atoms with E-state index in [1.54, 1.807) is 18.4 Å². The van der Waals surface area contributed by atoms with Crippen LogP contribution in [0.2, 0.25) is 0 Å². The van der Waals surface area contributed by atoms with Gasteiger partial charge in [-0.1, -0.05) is 59.9 Å². The molecule has 0 saturated carbocycles. The molecule has 0 N–H and O–H groups in total. The van der Waals surface area contributed by atoms with Gasteiger partial charge >= 0.3 is 0 Å². The second-order valence-corrected chi connectivity index (χ2v) is 12.1. The van der Waals surface area contributed by atoms with Crippen molar-refractivity contribution >= 4 is 73.2 Å². The van der Waals surface area contributed by atoms with Gasteiger partial charge in [0.2, 0.25) is 5.52 Å². The molecule has 0 spiro atoms. The smallest absolute Gasteiger partial charge is 0.269 e. The number of ether oxygens (including phenoxy) is 1. The Labute approximate surface area is 253 Å². The number of aromatic nitrogens is 2. The summed E-state index contributed by atoms with van der Waals surface area (Å²) in [6.45, 7) is 8.65. The average molecular weight is 593 g/mol. The summed E-state index contributed by atoms with van der Waals surface area (Å²) in [5.41, 5.74) is 4.68. The molecule has 1 aliphatic heterocycles. The lowest BCUT2D eigenvalue weighted by Gasteiger charge is -2.26. The summed E-state index contributed by atoms with van der Waals surface area (Å²) < 4.78 is 12.8. The topological polar surface area (TPSA) is 38.4 Å². The summed E-state index contributed by atoms with van der Waals surface area (Å²) >= 11 is 3.26. The van der Waals surface area contributed by atoms with Gasteiger partial charge < -0.3 is 9.64 Å². The van der Waals surface area contributed by atoms with Crippen molar-refractivity contribution in [1.82, 2.24) is 4.57 Å². The third-order valence-electron chi connectivity index (χ3n) is 7.67. The van der Waals surface area contributed by atoms with E-state index in [0.717, 1.165) is 28.3 Å². The number of allylic oxidation sites excluding steroid dienone is 4. The van der Waals surface area contributed by atoms with E-state index < -0.39 is 0 Å². The van der Waals surface area contributed by atoms with Gasteiger partial charge in [0.15, 0.2) is 0 Å². The molecule has 0 aliphatic carbocycles. The van der Waals surface area contributed by atoms with E-state index in [-0.39, 0.29) is 5.56 Å². The summed E-state index contributed by atoms with van der Waals surface area (Å²) in [5.74, 6) is 0.713. The van der Waals surface area contributed by atoms with E-state index in [1.807, 2.05) is 23.6 Å². The van der Waals surface area contributed by atoms with Crippen molar-refractivity contribution < 1.29 is 9.30 Å². The number of anilines is 1. The minimum Gasteiger partial charge on any atom is -0.496 e. The largest absolute Gasteiger partial charge is 0.496 e. The molecule has 3 aromatic carbocycles. The lowest BCUT2D eigenvalue weighted by molar-refractivity contribution is -0.665. The quantitative estimate of drug-likeness (QED) is 0.165. The summed E-state index contributed by atoms with van der Waals surface area (Å²) in [6, 6.07) is 21.3. The molecule has 0 radical (unpaired) electrons. The molecule has 5 aromatic rings. The number of nitrogens with zero attached hydrogens (tertiary/aromatic N) is 3. The molecule has 0 amide bonds. The zero-order chi connectivity index (χ0) is 29.2. The molecule has 1 aliphatic rings. The number of para-hydroxylation sites is 1. The highest BCUT2D eigenvalue weighted by Gasteiger charge is 2.20. The average Bonchev–Trinajstić information content (AvgIpc) is 3.54. The van der Waals surface area contributed by atoms with Gasteiger partial charge in [0.05, 0.1) is 17.7 Å². The van der Waals surface area contributed by atoms with Crippen LogP contribution in [0.4, 0.5) is 5.69 Å². The normalized spacial score (nSPS) is 15.4. The maximum absolute atomic E-state index is 13.4. The summed E-state index contributed by atoms with van der Waals surface area (Å²) in [5, 5.41) is 3.61. The second kappa shape index (κ2) is 12.0. The number of aryl methyl sites for hydroxylation is 1. The highest BCUT2D eigenvalue weighted by molar-refractivity contribution is 7.19. The van der Waals surface area contributed by atoms with Crippen molar-refractivity contribution in [2.75, 3.05) is 18.6 Å². The molecule has 0 bridgehead atoms. The number of fused-ring (bicyclic) bond motifs is 4. The zero-order valence-electron chi connectivity index (χ0n) is 24.3. The third kappa shape index (κ3) is 5.03. The van der Waals surface area contributed by atoms with Crippen molar-refractivity contribution in [1.29, 1.82) is 0 Å². The van der Waals surface area contributed by atoms with Crippen LogP contribution in [-0.4, -0.2) is 18.2 Å². The van der Waals surface area contributed by atoms with Crippen molar-refractivity contribution in [3.05, 3.63) is 115 Å². The monoisotopic (exact) mass is 592 g/mol. The van der Waals surface area contributed by atoms with Crippen LogP contribution < -0.4 is 24.2 Å². The molecule has 0 unspecified atom stereocenters. The molecule has 42 heavy (non-hydrogen) atoms. The second-order valence-electron chi connectivity index (χ2n) is 9.98.